The zero-order valence-electron chi connectivity index (χ0n) is 15.1. The summed E-state index contributed by atoms with van der Waals surface area (Å²) < 4.78 is 7.32. The summed E-state index contributed by atoms with van der Waals surface area (Å²) in [5.41, 5.74) is 0.969. The first-order valence-corrected chi connectivity index (χ1v) is 8.38. The van der Waals surface area contributed by atoms with Crippen molar-refractivity contribution in [3.8, 4) is 0 Å². The zero-order valence-corrected chi connectivity index (χ0v) is 17.4. The third kappa shape index (κ3) is 4.93. The quantitative estimate of drug-likeness (QED) is 0.413. The van der Waals surface area contributed by atoms with Crippen LogP contribution in [0.3, 0.4) is 0 Å². The van der Waals surface area contributed by atoms with Crippen molar-refractivity contribution in [1.29, 1.82) is 0 Å². The number of nitrogens with zero attached hydrogens (tertiary/aromatic N) is 5. The van der Waals surface area contributed by atoms with Crippen molar-refractivity contribution in [2.24, 2.45) is 4.99 Å². The molecule has 1 aliphatic rings. The van der Waals surface area contributed by atoms with Crippen LogP contribution < -0.4 is 10.6 Å². The first kappa shape index (κ1) is 19.7. The number of aryl methyl sites for hydroxylation is 2. The van der Waals surface area contributed by atoms with E-state index in [1.165, 1.54) is 0 Å². The van der Waals surface area contributed by atoms with E-state index in [1.807, 2.05) is 17.7 Å². The predicted octanol–water partition coefficient (Wildman–Crippen LogP) is 2.00. The van der Waals surface area contributed by atoms with E-state index < -0.39 is 0 Å². The van der Waals surface area contributed by atoms with Gasteiger partial charge in [0.15, 0.2) is 11.7 Å². The van der Waals surface area contributed by atoms with Crippen LogP contribution in [0.25, 0.3) is 0 Å². The molecule has 0 aliphatic carbocycles. The second kappa shape index (κ2) is 8.63. The van der Waals surface area contributed by atoms with Crippen molar-refractivity contribution in [2.75, 3.05) is 7.05 Å². The van der Waals surface area contributed by atoms with E-state index in [0.29, 0.717) is 12.5 Å². The molecule has 0 fully saturated rings. The van der Waals surface area contributed by atoms with Crippen LogP contribution in [0.2, 0.25) is 0 Å². The highest BCUT2D eigenvalue weighted by atomic mass is 127. The van der Waals surface area contributed by atoms with Crippen LogP contribution >= 0.6 is 24.0 Å². The molecule has 9 heteroatoms. The van der Waals surface area contributed by atoms with Crippen molar-refractivity contribution in [3.05, 3.63) is 29.2 Å². The van der Waals surface area contributed by atoms with Gasteiger partial charge in [0.25, 0.3) is 0 Å². The minimum atomic E-state index is 0. The maximum Gasteiger partial charge on any atom is 0.191 e. The topological polar surface area (TPSA) is 93.2 Å². The van der Waals surface area contributed by atoms with Gasteiger partial charge in [0.2, 0.25) is 0 Å². The molecule has 0 aromatic carbocycles. The molecule has 1 unspecified atom stereocenters. The standard InChI is InChI=1S/C16H25N7O.HI/c1-10(2)14-7-13(24-22-14)8-18-16(17-4)20-12-5-6-15-19-11(3)21-23(15)9-12;/h7,10,12H,5-6,8-9H2,1-4H3,(H2,17,18,20);1H. The fraction of sp³-hybridized carbons (Fsp3) is 0.625. The molecule has 2 aromatic rings. The number of halogens is 1. The van der Waals surface area contributed by atoms with Crippen molar-refractivity contribution in [1.82, 2.24) is 30.6 Å². The number of guanidine groups is 1. The Kier molecular flexibility index (Phi) is 6.79. The highest BCUT2D eigenvalue weighted by Gasteiger charge is 2.21. The van der Waals surface area contributed by atoms with Crippen LogP contribution in [-0.2, 0) is 19.5 Å². The van der Waals surface area contributed by atoms with Crippen LogP contribution in [0.5, 0.6) is 0 Å². The molecule has 0 radical (unpaired) electrons. The molecule has 0 saturated carbocycles. The Morgan fingerprint density at radius 1 is 1.48 bits per heavy atom. The second-order valence-corrected chi connectivity index (χ2v) is 6.44. The predicted molar refractivity (Wildman–Crippen MR) is 106 cm³/mol. The lowest BCUT2D eigenvalue weighted by Crippen LogP contribution is -2.46. The van der Waals surface area contributed by atoms with Crippen LogP contribution in [0.4, 0.5) is 0 Å². The molecule has 138 valence electrons. The Morgan fingerprint density at radius 3 is 2.96 bits per heavy atom. The summed E-state index contributed by atoms with van der Waals surface area (Å²) in [6.07, 6.45) is 1.94. The number of nitrogens with one attached hydrogen (secondary N) is 2. The number of rotatable bonds is 4. The summed E-state index contributed by atoms with van der Waals surface area (Å²) >= 11 is 0. The summed E-state index contributed by atoms with van der Waals surface area (Å²) in [4.78, 5) is 8.72. The van der Waals surface area contributed by atoms with Gasteiger partial charge in [0.05, 0.1) is 18.8 Å². The average molecular weight is 459 g/mol. The lowest BCUT2D eigenvalue weighted by atomic mass is 10.1. The van der Waals surface area contributed by atoms with E-state index in [-0.39, 0.29) is 30.0 Å². The Labute approximate surface area is 164 Å². The Hall–Kier alpha value is -1.65. The van der Waals surface area contributed by atoms with Gasteiger partial charge < -0.3 is 15.2 Å². The molecule has 0 spiro atoms. The highest BCUT2D eigenvalue weighted by Crippen LogP contribution is 2.14. The van der Waals surface area contributed by atoms with Crippen molar-refractivity contribution in [2.45, 2.75) is 58.7 Å². The third-order valence-corrected chi connectivity index (χ3v) is 4.13. The SMILES string of the molecule is CN=C(NCc1cc(C(C)C)no1)NC1CCc2nc(C)nn2C1.I. The lowest BCUT2D eigenvalue weighted by Gasteiger charge is -2.25. The van der Waals surface area contributed by atoms with Gasteiger partial charge in [-0.1, -0.05) is 19.0 Å². The van der Waals surface area contributed by atoms with Crippen LogP contribution in [-0.4, -0.2) is 39.0 Å². The van der Waals surface area contributed by atoms with E-state index >= 15 is 0 Å². The van der Waals surface area contributed by atoms with Gasteiger partial charge in [0.1, 0.15) is 11.6 Å². The van der Waals surface area contributed by atoms with E-state index in [4.69, 9.17) is 4.52 Å². The largest absolute Gasteiger partial charge is 0.359 e. The molecular formula is C16H26IN7O. The summed E-state index contributed by atoms with van der Waals surface area (Å²) in [7, 11) is 1.77. The third-order valence-electron chi connectivity index (χ3n) is 4.13. The van der Waals surface area contributed by atoms with Gasteiger partial charge in [0, 0.05) is 25.6 Å². The maximum absolute atomic E-state index is 5.34. The lowest BCUT2D eigenvalue weighted by molar-refractivity contribution is 0.369. The van der Waals surface area contributed by atoms with Crippen molar-refractivity contribution >= 4 is 29.9 Å². The monoisotopic (exact) mass is 459 g/mol. The number of aliphatic imine (C=N–C) groups is 1. The van der Waals surface area contributed by atoms with Gasteiger partial charge >= 0.3 is 0 Å². The maximum atomic E-state index is 5.34. The van der Waals surface area contributed by atoms with Gasteiger partial charge in [-0.15, -0.1) is 24.0 Å². The number of hydrogen-bond acceptors (Lipinski definition) is 5. The van der Waals surface area contributed by atoms with Crippen LogP contribution in [0, 0.1) is 6.92 Å². The Bertz CT molecular complexity index is 722. The van der Waals surface area contributed by atoms with Gasteiger partial charge in [-0.2, -0.15) is 5.10 Å². The van der Waals surface area contributed by atoms with Gasteiger partial charge in [-0.3, -0.25) is 4.99 Å². The average Bonchev–Trinajstić information content (AvgIpc) is 3.16. The number of fused-ring (bicyclic) bond motifs is 1. The van der Waals surface area contributed by atoms with Gasteiger partial charge in [-0.05, 0) is 19.3 Å². The van der Waals surface area contributed by atoms with E-state index in [2.05, 4.69) is 44.7 Å². The summed E-state index contributed by atoms with van der Waals surface area (Å²) in [6, 6.07) is 2.27. The summed E-state index contributed by atoms with van der Waals surface area (Å²) in [5, 5.41) is 15.2. The molecule has 2 N–H and O–H groups in total. The summed E-state index contributed by atoms with van der Waals surface area (Å²) in [6.45, 7) is 7.48. The molecule has 1 aliphatic heterocycles. The molecule has 8 nitrogen and oxygen atoms in total. The molecule has 1 atom stereocenters. The molecular weight excluding hydrogens is 433 g/mol. The molecule has 2 aromatic heterocycles. The first-order chi connectivity index (χ1) is 11.5. The van der Waals surface area contributed by atoms with Crippen molar-refractivity contribution in [3.63, 3.8) is 0 Å². The van der Waals surface area contributed by atoms with Crippen LogP contribution in [0.15, 0.2) is 15.6 Å². The molecule has 0 saturated heterocycles. The van der Waals surface area contributed by atoms with Gasteiger partial charge in [-0.25, -0.2) is 9.67 Å². The molecule has 0 amide bonds. The molecule has 25 heavy (non-hydrogen) atoms. The smallest absolute Gasteiger partial charge is 0.191 e. The Morgan fingerprint density at radius 2 is 2.28 bits per heavy atom. The van der Waals surface area contributed by atoms with E-state index in [1.54, 1.807) is 7.05 Å². The highest BCUT2D eigenvalue weighted by molar-refractivity contribution is 14.0. The molecule has 3 heterocycles. The fourth-order valence-electron chi connectivity index (χ4n) is 2.79. The fourth-order valence-corrected chi connectivity index (χ4v) is 2.79. The minimum Gasteiger partial charge on any atom is -0.359 e. The summed E-state index contributed by atoms with van der Waals surface area (Å²) in [5.74, 6) is 3.82. The zero-order chi connectivity index (χ0) is 17.1. The van der Waals surface area contributed by atoms with E-state index in [9.17, 15) is 0 Å². The molecule has 3 rings (SSSR count). The normalized spacial score (nSPS) is 17.2. The molecule has 0 bridgehead atoms. The first-order valence-electron chi connectivity index (χ1n) is 8.38. The minimum absolute atomic E-state index is 0. The Balaban J connectivity index is 0.00000225. The van der Waals surface area contributed by atoms with Crippen molar-refractivity contribution < 1.29 is 4.52 Å². The van der Waals surface area contributed by atoms with Crippen LogP contribution in [0.1, 0.15) is 49.3 Å². The second-order valence-electron chi connectivity index (χ2n) is 6.44. The van der Waals surface area contributed by atoms with E-state index in [0.717, 1.165) is 48.4 Å². The number of hydrogen-bond donors (Lipinski definition) is 2. The number of aromatic nitrogens is 4.